The van der Waals surface area contributed by atoms with Gasteiger partial charge in [0.05, 0.1) is 12.6 Å². The highest BCUT2D eigenvalue weighted by atomic mass is 16.5. The minimum Gasteiger partial charge on any atom is -0.494 e. The molecule has 2 aromatic heterocycles. The van der Waals surface area contributed by atoms with Gasteiger partial charge in [0, 0.05) is 18.3 Å². The Morgan fingerprint density at radius 3 is 2.73 bits per heavy atom. The molecule has 8 heteroatoms. The van der Waals surface area contributed by atoms with Crippen LogP contribution >= 0.6 is 0 Å². The van der Waals surface area contributed by atoms with Gasteiger partial charge in [-0.1, -0.05) is 13.0 Å². The van der Waals surface area contributed by atoms with Crippen LogP contribution in [0, 0.1) is 0 Å². The van der Waals surface area contributed by atoms with E-state index >= 15 is 0 Å². The average Bonchev–Trinajstić information content (AvgIpc) is 2.99. The Kier molecular flexibility index (Phi) is 4.83. The number of benzene rings is 1. The number of fused-ring (bicyclic) bond motifs is 1. The van der Waals surface area contributed by atoms with E-state index < -0.39 is 5.91 Å². The van der Waals surface area contributed by atoms with Crippen molar-refractivity contribution < 1.29 is 14.3 Å². The monoisotopic (exact) mass is 353 g/mol. The molecule has 0 spiro atoms. The number of nitrogens with zero attached hydrogens (tertiary/aromatic N) is 3. The number of primary amides is 1. The molecule has 0 saturated carbocycles. The van der Waals surface area contributed by atoms with Crippen LogP contribution in [0.5, 0.6) is 5.75 Å². The number of pyridine rings is 1. The second kappa shape index (κ2) is 7.22. The van der Waals surface area contributed by atoms with E-state index in [2.05, 4.69) is 15.3 Å². The van der Waals surface area contributed by atoms with Crippen LogP contribution in [-0.2, 0) is 6.54 Å². The Morgan fingerprint density at radius 1 is 1.31 bits per heavy atom. The van der Waals surface area contributed by atoms with Gasteiger partial charge in [-0.2, -0.15) is 0 Å². The van der Waals surface area contributed by atoms with Crippen molar-refractivity contribution in [2.24, 2.45) is 5.73 Å². The molecule has 0 radical (unpaired) electrons. The zero-order chi connectivity index (χ0) is 18.7. The van der Waals surface area contributed by atoms with Crippen LogP contribution in [-0.4, -0.2) is 33.5 Å². The van der Waals surface area contributed by atoms with Crippen molar-refractivity contribution in [2.75, 3.05) is 12.4 Å². The average molecular weight is 353 g/mol. The van der Waals surface area contributed by atoms with Crippen LogP contribution in [0.15, 0.2) is 36.5 Å². The first-order valence-corrected chi connectivity index (χ1v) is 8.15. The SMILES string of the molecule is CCCn1c(NC(=O)c2ccccn2)nc2cc(C(N)=O)cc(OC)c21. The number of hydrogen-bond acceptors (Lipinski definition) is 5. The molecule has 2 heterocycles. The third kappa shape index (κ3) is 3.21. The highest BCUT2D eigenvalue weighted by Crippen LogP contribution is 2.31. The van der Waals surface area contributed by atoms with E-state index in [1.54, 1.807) is 36.5 Å². The second-order valence-corrected chi connectivity index (χ2v) is 5.67. The van der Waals surface area contributed by atoms with E-state index in [1.165, 1.54) is 7.11 Å². The van der Waals surface area contributed by atoms with Gasteiger partial charge in [0.15, 0.2) is 0 Å². The zero-order valence-electron chi connectivity index (χ0n) is 14.5. The quantitative estimate of drug-likeness (QED) is 0.705. The summed E-state index contributed by atoms with van der Waals surface area (Å²) in [6, 6.07) is 8.25. The molecule has 0 saturated heterocycles. The summed E-state index contributed by atoms with van der Waals surface area (Å²) >= 11 is 0. The highest BCUT2D eigenvalue weighted by Gasteiger charge is 2.19. The van der Waals surface area contributed by atoms with Gasteiger partial charge in [-0.25, -0.2) is 4.98 Å². The Labute approximate surface area is 150 Å². The van der Waals surface area contributed by atoms with E-state index in [9.17, 15) is 9.59 Å². The van der Waals surface area contributed by atoms with Crippen LogP contribution in [0.3, 0.4) is 0 Å². The maximum atomic E-state index is 12.4. The van der Waals surface area contributed by atoms with Crippen molar-refractivity contribution in [3.05, 3.63) is 47.8 Å². The normalized spacial score (nSPS) is 10.7. The Hall–Kier alpha value is -3.42. The number of ether oxygens (including phenoxy) is 1. The number of imidazole rings is 1. The number of carbonyl (C=O) groups is 2. The molecule has 0 aliphatic rings. The number of hydrogen-bond donors (Lipinski definition) is 2. The van der Waals surface area contributed by atoms with Crippen LogP contribution in [0.25, 0.3) is 11.0 Å². The first kappa shape index (κ1) is 17.4. The van der Waals surface area contributed by atoms with E-state index in [-0.39, 0.29) is 17.2 Å². The van der Waals surface area contributed by atoms with Crippen molar-refractivity contribution >= 4 is 28.8 Å². The smallest absolute Gasteiger partial charge is 0.276 e. The molecule has 0 fully saturated rings. The van der Waals surface area contributed by atoms with Crippen LogP contribution < -0.4 is 15.8 Å². The number of nitrogens with two attached hydrogens (primary N) is 1. The molecule has 0 atom stereocenters. The number of aromatic nitrogens is 3. The van der Waals surface area contributed by atoms with Gasteiger partial charge in [0.1, 0.15) is 17.0 Å². The summed E-state index contributed by atoms with van der Waals surface area (Å²) in [7, 11) is 1.51. The van der Waals surface area contributed by atoms with Gasteiger partial charge < -0.3 is 15.0 Å². The van der Waals surface area contributed by atoms with E-state index in [4.69, 9.17) is 10.5 Å². The number of nitrogens with one attached hydrogen (secondary N) is 1. The van der Waals surface area contributed by atoms with Crippen LogP contribution in [0.2, 0.25) is 0 Å². The van der Waals surface area contributed by atoms with Crippen molar-refractivity contribution in [2.45, 2.75) is 19.9 Å². The molecular formula is C18H19N5O3. The molecule has 134 valence electrons. The molecule has 0 aliphatic heterocycles. The predicted octanol–water partition coefficient (Wildman–Crippen LogP) is 2.20. The number of anilines is 1. The minimum atomic E-state index is -0.575. The minimum absolute atomic E-state index is 0.285. The number of carbonyl (C=O) groups excluding carboxylic acids is 2. The summed E-state index contributed by atoms with van der Waals surface area (Å²) in [5, 5.41) is 2.78. The van der Waals surface area contributed by atoms with Crippen molar-refractivity contribution in [3.63, 3.8) is 0 Å². The first-order valence-electron chi connectivity index (χ1n) is 8.15. The van der Waals surface area contributed by atoms with Crippen molar-refractivity contribution in [1.82, 2.24) is 14.5 Å². The Morgan fingerprint density at radius 2 is 2.12 bits per heavy atom. The topological polar surface area (TPSA) is 112 Å². The lowest BCUT2D eigenvalue weighted by atomic mass is 10.1. The molecule has 8 nitrogen and oxygen atoms in total. The summed E-state index contributed by atoms with van der Waals surface area (Å²) in [5.41, 5.74) is 7.16. The van der Waals surface area contributed by atoms with Gasteiger partial charge >= 0.3 is 0 Å². The second-order valence-electron chi connectivity index (χ2n) is 5.67. The van der Waals surface area contributed by atoms with Crippen molar-refractivity contribution in [1.29, 1.82) is 0 Å². The fourth-order valence-corrected chi connectivity index (χ4v) is 2.73. The molecule has 0 unspecified atom stereocenters. The molecule has 1 aromatic carbocycles. The lowest BCUT2D eigenvalue weighted by Crippen LogP contribution is -2.17. The molecule has 3 aromatic rings. The van der Waals surface area contributed by atoms with Gasteiger partial charge in [-0.15, -0.1) is 0 Å². The van der Waals surface area contributed by atoms with E-state index in [0.29, 0.717) is 29.3 Å². The largest absolute Gasteiger partial charge is 0.494 e. The van der Waals surface area contributed by atoms with Crippen LogP contribution in [0.4, 0.5) is 5.95 Å². The Balaban J connectivity index is 2.11. The number of rotatable bonds is 6. The van der Waals surface area contributed by atoms with E-state index in [0.717, 1.165) is 6.42 Å². The maximum absolute atomic E-state index is 12.4. The third-order valence-electron chi connectivity index (χ3n) is 3.88. The molecule has 0 bridgehead atoms. The first-order chi connectivity index (χ1) is 12.5. The summed E-state index contributed by atoms with van der Waals surface area (Å²) in [6.07, 6.45) is 2.37. The summed E-state index contributed by atoms with van der Waals surface area (Å²) in [4.78, 5) is 32.5. The van der Waals surface area contributed by atoms with Gasteiger partial charge in [0.2, 0.25) is 11.9 Å². The molecule has 26 heavy (non-hydrogen) atoms. The summed E-state index contributed by atoms with van der Waals surface area (Å²) in [6.45, 7) is 2.63. The highest BCUT2D eigenvalue weighted by molar-refractivity contribution is 6.04. The van der Waals surface area contributed by atoms with E-state index in [1.807, 2.05) is 11.5 Å². The van der Waals surface area contributed by atoms with Crippen LogP contribution in [0.1, 0.15) is 34.2 Å². The molecule has 3 rings (SSSR count). The maximum Gasteiger partial charge on any atom is 0.276 e. The fraction of sp³-hybridized carbons (Fsp3) is 0.222. The summed E-state index contributed by atoms with van der Waals surface area (Å²) < 4.78 is 7.26. The van der Waals surface area contributed by atoms with Gasteiger partial charge in [0.25, 0.3) is 5.91 Å². The molecule has 3 N–H and O–H groups in total. The van der Waals surface area contributed by atoms with Crippen molar-refractivity contribution in [3.8, 4) is 5.75 Å². The fourth-order valence-electron chi connectivity index (χ4n) is 2.73. The van der Waals surface area contributed by atoms with Gasteiger partial charge in [-0.05, 0) is 30.7 Å². The number of aryl methyl sites for hydroxylation is 1. The molecule has 0 aliphatic carbocycles. The Bertz CT molecular complexity index is 966. The number of amides is 2. The zero-order valence-corrected chi connectivity index (χ0v) is 14.5. The standard InChI is InChI=1S/C18H19N5O3/c1-3-8-23-15-13(9-11(16(19)24)10-14(15)26-2)21-18(23)22-17(25)12-6-4-5-7-20-12/h4-7,9-10H,3,8H2,1-2H3,(H2,19,24)(H,21,22,25). The lowest BCUT2D eigenvalue weighted by molar-refractivity contribution is 0.0996. The van der Waals surface area contributed by atoms with Gasteiger partial charge in [-0.3, -0.25) is 19.9 Å². The molecule has 2 amide bonds. The number of methoxy groups -OCH3 is 1. The third-order valence-corrected chi connectivity index (χ3v) is 3.88. The predicted molar refractivity (Wildman–Crippen MR) is 97.3 cm³/mol. The summed E-state index contributed by atoms with van der Waals surface area (Å²) in [5.74, 6) is -0.116. The lowest BCUT2D eigenvalue weighted by Gasteiger charge is -2.11. The molecular weight excluding hydrogens is 334 g/mol.